The summed E-state index contributed by atoms with van der Waals surface area (Å²) in [5, 5.41) is 7.18. The molecule has 0 bridgehead atoms. The average molecular weight is 322 g/mol. The van der Waals surface area contributed by atoms with Crippen LogP contribution in [0, 0.1) is 0 Å². The molecule has 5 heteroatoms. The normalized spacial score (nSPS) is 10.5. The van der Waals surface area contributed by atoms with Gasteiger partial charge < -0.3 is 5.32 Å². The van der Waals surface area contributed by atoms with E-state index in [1.54, 1.807) is 10.9 Å². The molecule has 0 atom stereocenters. The third kappa shape index (κ3) is 3.44. The predicted molar refractivity (Wildman–Crippen MR) is 77.9 cm³/mol. The molecule has 0 unspecified atom stereocenters. The molecule has 0 aliphatic heterocycles. The average Bonchev–Trinajstić information content (AvgIpc) is 2.79. The molecule has 0 aliphatic rings. The molecule has 1 heterocycles. The standard InChI is InChI=1S/C14H16BrN3O/c1-3-13-12(9-18(2)17-13)14(19)16-8-10-4-6-11(15)7-5-10/h4-7,9H,3,8H2,1-2H3,(H,16,19). The first kappa shape index (κ1) is 13.8. The number of rotatable bonds is 4. The fraction of sp³-hybridized carbons (Fsp3) is 0.286. The summed E-state index contributed by atoms with van der Waals surface area (Å²) in [6.45, 7) is 2.51. The van der Waals surface area contributed by atoms with Gasteiger partial charge in [-0.1, -0.05) is 35.0 Å². The van der Waals surface area contributed by atoms with Crippen molar-refractivity contribution < 1.29 is 4.79 Å². The van der Waals surface area contributed by atoms with Gasteiger partial charge in [-0.15, -0.1) is 0 Å². The van der Waals surface area contributed by atoms with Gasteiger partial charge in [-0.2, -0.15) is 5.10 Å². The molecular weight excluding hydrogens is 306 g/mol. The molecule has 1 aromatic heterocycles. The van der Waals surface area contributed by atoms with Crippen LogP contribution in [0.4, 0.5) is 0 Å². The third-order valence-electron chi connectivity index (χ3n) is 2.85. The van der Waals surface area contributed by atoms with Gasteiger partial charge in [0.2, 0.25) is 0 Å². The summed E-state index contributed by atoms with van der Waals surface area (Å²) in [7, 11) is 1.82. The maximum atomic E-state index is 12.1. The Kier molecular flexibility index (Phi) is 4.37. The van der Waals surface area contributed by atoms with E-state index in [-0.39, 0.29) is 5.91 Å². The lowest BCUT2D eigenvalue weighted by Crippen LogP contribution is -2.23. The molecule has 1 aromatic carbocycles. The van der Waals surface area contributed by atoms with Crippen molar-refractivity contribution in [3.05, 3.63) is 51.8 Å². The van der Waals surface area contributed by atoms with Crippen LogP contribution < -0.4 is 5.32 Å². The summed E-state index contributed by atoms with van der Waals surface area (Å²) in [6, 6.07) is 7.88. The molecule has 0 aliphatic carbocycles. The highest BCUT2D eigenvalue weighted by Crippen LogP contribution is 2.11. The van der Waals surface area contributed by atoms with Crippen LogP contribution in [0.2, 0.25) is 0 Å². The zero-order valence-corrected chi connectivity index (χ0v) is 12.6. The fourth-order valence-corrected chi connectivity index (χ4v) is 2.13. The Morgan fingerprint density at radius 1 is 1.37 bits per heavy atom. The first-order valence-electron chi connectivity index (χ1n) is 6.15. The molecule has 0 spiro atoms. The number of hydrogen-bond acceptors (Lipinski definition) is 2. The van der Waals surface area contributed by atoms with E-state index in [0.29, 0.717) is 12.1 Å². The largest absolute Gasteiger partial charge is 0.348 e. The Bertz CT molecular complexity index is 575. The molecule has 100 valence electrons. The van der Waals surface area contributed by atoms with Crippen molar-refractivity contribution >= 4 is 21.8 Å². The molecule has 0 saturated carbocycles. The summed E-state index contributed by atoms with van der Waals surface area (Å²) in [6.07, 6.45) is 2.51. The number of aryl methyl sites for hydroxylation is 2. The lowest BCUT2D eigenvalue weighted by Gasteiger charge is -2.05. The SMILES string of the molecule is CCc1nn(C)cc1C(=O)NCc1ccc(Br)cc1. The van der Waals surface area contributed by atoms with Gasteiger partial charge in [0.1, 0.15) is 0 Å². The van der Waals surface area contributed by atoms with Crippen LogP contribution in [0.3, 0.4) is 0 Å². The topological polar surface area (TPSA) is 46.9 Å². The number of amides is 1. The zero-order valence-electron chi connectivity index (χ0n) is 11.0. The highest BCUT2D eigenvalue weighted by atomic mass is 79.9. The van der Waals surface area contributed by atoms with Crippen LogP contribution in [0.15, 0.2) is 34.9 Å². The van der Waals surface area contributed by atoms with E-state index in [1.165, 1.54) is 0 Å². The van der Waals surface area contributed by atoms with E-state index in [2.05, 4.69) is 26.3 Å². The number of hydrogen-bond donors (Lipinski definition) is 1. The minimum atomic E-state index is -0.0760. The van der Waals surface area contributed by atoms with Gasteiger partial charge in [-0.3, -0.25) is 9.48 Å². The number of nitrogens with zero attached hydrogens (tertiary/aromatic N) is 2. The number of benzene rings is 1. The fourth-order valence-electron chi connectivity index (χ4n) is 1.87. The monoisotopic (exact) mass is 321 g/mol. The van der Waals surface area contributed by atoms with E-state index in [9.17, 15) is 4.79 Å². The lowest BCUT2D eigenvalue weighted by molar-refractivity contribution is 0.0950. The van der Waals surface area contributed by atoms with Crippen molar-refractivity contribution in [3.8, 4) is 0 Å². The van der Waals surface area contributed by atoms with Gasteiger partial charge >= 0.3 is 0 Å². The van der Waals surface area contributed by atoms with Crippen LogP contribution in [0.5, 0.6) is 0 Å². The summed E-state index contributed by atoms with van der Waals surface area (Å²) < 4.78 is 2.70. The summed E-state index contributed by atoms with van der Waals surface area (Å²) >= 11 is 3.39. The van der Waals surface area contributed by atoms with E-state index in [0.717, 1.165) is 22.2 Å². The van der Waals surface area contributed by atoms with E-state index in [1.807, 2.05) is 38.2 Å². The molecule has 2 aromatic rings. The Balaban J connectivity index is 2.03. The van der Waals surface area contributed by atoms with E-state index in [4.69, 9.17) is 0 Å². The van der Waals surface area contributed by atoms with Gasteiger partial charge in [-0.05, 0) is 24.1 Å². The molecule has 19 heavy (non-hydrogen) atoms. The van der Waals surface area contributed by atoms with Gasteiger partial charge in [0.25, 0.3) is 5.91 Å². The van der Waals surface area contributed by atoms with Gasteiger partial charge in [0.05, 0.1) is 11.3 Å². The quantitative estimate of drug-likeness (QED) is 0.941. The minimum Gasteiger partial charge on any atom is -0.348 e. The molecule has 4 nitrogen and oxygen atoms in total. The van der Waals surface area contributed by atoms with Crippen molar-refractivity contribution in [2.45, 2.75) is 19.9 Å². The maximum Gasteiger partial charge on any atom is 0.255 e. The van der Waals surface area contributed by atoms with Crippen LogP contribution in [-0.2, 0) is 20.0 Å². The van der Waals surface area contributed by atoms with Crippen molar-refractivity contribution in [3.63, 3.8) is 0 Å². The maximum absolute atomic E-state index is 12.1. The summed E-state index contributed by atoms with van der Waals surface area (Å²) in [5.41, 5.74) is 2.55. The number of aromatic nitrogens is 2. The van der Waals surface area contributed by atoms with Crippen molar-refractivity contribution in [1.82, 2.24) is 15.1 Å². The Morgan fingerprint density at radius 2 is 2.05 bits per heavy atom. The van der Waals surface area contributed by atoms with Crippen molar-refractivity contribution in [2.24, 2.45) is 7.05 Å². The highest BCUT2D eigenvalue weighted by molar-refractivity contribution is 9.10. The number of nitrogens with one attached hydrogen (secondary N) is 1. The van der Waals surface area contributed by atoms with Crippen LogP contribution in [0.1, 0.15) is 28.5 Å². The summed E-state index contributed by atoms with van der Waals surface area (Å²) in [5.74, 6) is -0.0760. The smallest absolute Gasteiger partial charge is 0.255 e. The number of carbonyl (C=O) groups is 1. The lowest BCUT2D eigenvalue weighted by atomic mass is 10.2. The molecule has 0 saturated heterocycles. The Labute approximate surface area is 120 Å². The molecular formula is C14H16BrN3O. The number of carbonyl (C=O) groups excluding carboxylic acids is 1. The van der Waals surface area contributed by atoms with E-state index < -0.39 is 0 Å². The van der Waals surface area contributed by atoms with Crippen LogP contribution >= 0.6 is 15.9 Å². The second-order valence-electron chi connectivity index (χ2n) is 4.33. The minimum absolute atomic E-state index is 0.0760. The second-order valence-corrected chi connectivity index (χ2v) is 5.24. The second kappa shape index (κ2) is 6.02. The Morgan fingerprint density at radius 3 is 2.68 bits per heavy atom. The zero-order chi connectivity index (χ0) is 13.8. The molecule has 2 rings (SSSR count). The molecule has 1 amide bonds. The first-order chi connectivity index (χ1) is 9.10. The Hall–Kier alpha value is -1.62. The summed E-state index contributed by atoms with van der Waals surface area (Å²) in [4.78, 5) is 12.1. The van der Waals surface area contributed by atoms with Crippen molar-refractivity contribution in [1.29, 1.82) is 0 Å². The first-order valence-corrected chi connectivity index (χ1v) is 6.94. The van der Waals surface area contributed by atoms with Gasteiger partial charge in [0.15, 0.2) is 0 Å². The van der Waals surface area contributed by atoms with Gasteiger partial charge in [0, 0.05) is 24.3 Å². The molecule has 1 N–H and O–H groups in total. The molecule has 0 radical (unpaired) electrons. The van der Waals surface area contributed by atoms with Crippen LogP contribution in [0.25, 0.3) is 0 Å². The third-order valence-corrected chi connectivity index (χ3v) is 3.38. The predicted octanol–water partition coefficient (Wildman–Crippen LogP) is 2.68. The van der Waals surface area contributed by atoms with Crippen LogP contribution in [-0.4, -0.2) is 15.7 Å². The number of halogens is 1. The van der Waals surface area contributed by atoms with E-state index >= 15 is 0 Å². The molecule has 0 fully saturated rings. The van der Waals surface area contributed by atoms with Crippen molar-refractivity contribution in [2.75, 3.05) is 0 Å². The van der Waals surface area contributed by atoms with Gasteiger partial charge in [-0.25, -0.2) is 0 Å². The highest BCUT2D eigenvalue weighted by Gasteiger charge is 2.13.